The number of fused-ring (bicyclic) bond motifs is 1. The average molecular weight is 422 g/mol. The molecule has 7 nitrogen and oxygen atoms in total. The van der Waals surface area contributed by atoms with Crippen molar-refractivity contribution in [1.29, 1.82) is 0 Å². The van der Waals surface area contributed by atoms with Gasteiger partial charge in [-0.2, -0.15) is 0 Å². The molecular weight excluding hydrogens is 408 g/mol. The van der Waals surface area contributed by atoms with Crippen LogP contribution in [-0.2, 0) is 0 Å². The third-order valence-electron chi connectivity index (χ3n) is 4.18. The summed E-state index contributed by atoms with van der Waals surface area (Å²) >= 11 is 2.75. The van der Waals surface area contributed by atoms with E-state index in [1.54, 1.807) is 11.6 Å². The van der Waals surface area contributed by atoms with Gasteiger partial charge in [-0.25, -0.2) is 9.97 Å². The third kappa shape index (κ3) is 3.69. The number of hydrogen-bond donors (Lipinski definition) is 1. The molecule has 1 aromatic carbocycles. The molecule has 3 aromatic heterocycles. The van der Waals surface area contributed by atoms with E-state index in [0.717, 1.165) is 27.7 Å². The average Bonchev–Trinajstić information content (AvgIpc) is 3.44. The molecule has 0 radical (unpaired) electrons. The Morgan fingerprint density at radius 3 is 2.72 bits per heavy atom. The number of aromatic nitrogens is 3. The highest BCUT2D eigenvalue weighted by molar-refractivity contribution is 7.14. The summed E-state index contributed by atoms with van der Waals surface area (Å²) in [4.78, 5) is 25.7. The van der Waals surface area contributed by atoms with E-state index >= 15 is 0 Å². The summed E-state index contributed by atoms with van der Waals surface area (Å²) in [5.41, 5.74) is 2.71. The van der Waals surface area contributed by atoms with Gasteiger partial charge in [-0.15, -0.1) is 22.7 Å². The summed E-state index contributed by atoms with van der Waals surface area (Å²) in [5.74, 6) is 1.12. The second kappa shape index (κ2) is 7.61. The van der Waals surface area contributed by atoms with Crippen LogP contribution in [0.4, 0.5) is 5.13 Å². The van der Waals surface area contributed by atoms with Crippen LogP contribution in [0.5, 0.6) is 11.5 Å². The Balaban J connectivity index is 1.32. The highest BCUT2D eigenvalue weighted by atomic mass is 32.1. The molecule has 1 aliphatic heterocycles. The maximum atomic E-state index is 12.6. The zero-order valence-corrected chi connectivity index (χ0v) is 16.6. The van der Waals surface area contributed by atoms with Crippen molar-refractivity contribution in [2.24, 2.45) is 0 Å². The number of thiazole rings is 2. The molecule has 1 amide bonds. The molecule has 29 heavy (non-hydrogen) atoms. The summed E-state index contributed by atoms with van der Waals surface area (Å²) in [6.07, 6.45) is 1.71. The first-order valence-electron chi connectivity index (χ1n) is 8.80. The molecule has 4 aromatic rings. The lowest BCUT2D eigenvalue weighted by atomic mass is 10.2. The first-order chi connectivity index (χ1) is 14.3. The molecule has 0 bridgehead atoms. The molecule has 1 N–H and O–H groups in total. The molecule has 4 heterocycles. The van der Waals surface area contributed by atoms with E-state index in [2.05, 4.69) is 20.3 Å². The Kier molecular flexibility index (Phi) is 4.66. The SMILES string of the molecule is O=C(Nc1nc(-c2ccccn2)cs1)c1csc(-c2ccc3c(c2)OCCO3)n1. The van der Waals surface area contributed by atoms with Gasteiger partial charge in [-0.05, 0) is 30.3 Å². The Hall–Kier alpha value is -3.30. The largest absolute Gasteiger partial charge is 0.486 e. The van der Waals surface area contributed by atoms with Crippen molar-refractivity contribution >= 4 is 33.7 Å². The fraction of sp³-hybridized carbons (Fsp3) is 0.100. The van der Waals surface area contributed by atoms with Crippen LogP contribution in [0.15, 0.2) is 53.4 Å². The number of hydrogen-bond acceptors (Lipinski definition) is 8. The molecule has 0 fully saturated rings. The second-order valence-electron chi connectivity index (χ2n) is 6.10. The van der Waals surface area contributed by atoms with Gasteiger partial charge >= 0.3 is 0 Å². The maximum absolute atomic E-state index is 12.6. The number of nitrogens with zero attached hydrogens (tertiary/aromatic N) is 3. The summed E-state index contributed by atoms with van der Waals surface area (Å²) in [7, 11) is 0. The zero-order valence-electron chi connectivity index (χ0n) is 15.0. The van der Waals surface area contributed by atoms with Crippen molar-refractivity contribution in [2.75, 3.05) is 18.5 Å². The van der Waals surface area contributed by atoms with Crippen LogP contribution in [0.25, 0.3) is 22.0 Å². The fourth-order valence-corrected chi connectivity index (χ4v) is 4.31. The summed E-state index contributed by atoms with van der Waals surface area (Å²) < 4.78 is 11.2. The minimum absolute atomic E-state index is 0.299. The molecule has 0 spiro atoms. The minimum Gasteiger partial charge on any atom is -0.486 e. The predicted molar refractivity (Wildman–Crippen MR) is 112 cm³/mol. The first-order valence-corrected chi connectivity index (χ1v) is 10.6. The summed E-state index contributed by atoms with van der Waals surface area (Å²) in [5, 5.41) is 7.64. The van der Waals surface area contributed by atoms with Gasteiger partial charge in [-0.1, -0.05) is 6.07 Å². The maximum Gasteiger partial charge on any atom is 0.276 e. The van der Waals surface area contributed by atoms with Crippen molar-refractivity contribution in [3.8, 4) is 33.5 Å². The van der Waals surface area contributed by atoms with Crippen LogP contribution in [0.2, 0.25) is 0 Å². The van der Waals surface area contributed by atoms with E-state index in [1.807, 2.05) is 41.8 Å². The molecule has 0 atom stereocenters. The van der Waals surface area contributed by atoms with E-state index in [4.69, 9.17) is 9.47 Å². The first kappa shape index (κ1) is 17.8. The number of pyridine rings is 1. The van der Waals surface area contributed by atoms with Crippen molar-refractivity contribution in [3.63, 3.8) is 0 Å². The van der Waals surface area contributed by atoms with Crippen LogP contribution >= 0.6 is 22.7 Å². The number of amides is 1. The van der Waals surface area contributed by atoms with Gasteiger partial charge in [0.1, 0.15) is 29.6 Å². The van der Waals surface area contributed by atoms with Crippen LogP contribution in [-0.4, -0.2) is 34.1 Å². The number of carbonyl (C=O) groups excluding carboxylic acids is 1. The van der Waals surface area contributed by atoms with E-state index in [-0.39, 0.29) is 5.91 Å². The van der Waals surface area contributed by atoms with Gasteiger partial charge in [0, 0.05) is 22.5 Å². The van der Waals surface area contributed by atoms with Gasteiger partial charge in [0.15, 0.2) is 16.6 Å². The lowest BCUT2D eigenvalue weighted by molar-refractivity contribution is 0.102. The number of rotatable bonds is 4. The topological polar surface area (TPSA) is 86.2 Å². The number of benzene rings is 1. The van der Waals surface area contributed by atoms with Crippen molar-refractivity contribution in [3.05, 3.63) is 59.0 Å². The van der Waals surface area contributed by atoms with Crippen molar-refractivity contribution in [1.82, 2.24) is 15.0 Å². The van der Waals surface area contributed by atoms with E-state index in [1.165, 1.54) is 22.7 Å². The van der Waals surface area contributed by atoms with Crippen LogP contribution in [0.3, 0.4) is 0 Å². The van der Waals surface area contributed by atoms with Gasteiger partial charge in [0.2, 0.25) is 0 Å². The number of carbonyl (C=O) groups is 1. The van der Waals surface area contributed by atoms with Crippen molar-refractivity contribution in [2.45, 2.75) is 0 Å². The third-order valence-corrected chi connectivity index (χ3v) is 5.83. The zero-order chi connectivity index (χ0) is 19.6. The highest BCUT2D eigenvalue weighted by Gasteiger charge is 2.17. The molecule has 0 saturated heterocycles. The quantitative estimate of drug-likeness (QED) is 0.526. The molecule has 9 heteroatoms. The standard InChI is InChI=1S/C20H14N4O3S2/c25-18(24-20-23-14(10-29-20)13-3-1-2-6-21-13)15-11-28-19(22-15)12-4-5-16-17(9-12)27-8-7-26-16/h1-6,9-11H,7-8H2,(H,23,24,25). The Morgan fingerprint density at radius 1 is 0.966 bits per heavy atom. The number of anilines is 1. The molecule has 0 aliphatic carbocycles. The van der Waals surface area contributed by atoms with Gasteiger partial charge in [0.05, 0.1) is 5.69 Å². The molecule has 144 valence electrons. The number of ether oxygens (including phenoxy) is 2. The smallest absolute Gasteiger partial charge is 0.276 e. The van der Waals surface area contributed by atoms with E-state index in [9.17, 15) is 4.79 Å². The van der Waals surface area contributed by atoms with Gasteiger partial charge in [-0.3, -0.25) is 15.1 Å². The van der Waals surface area contributed by atoms with Crippen LogP contribution in [0.1, 0.15) is 10.5 Å². The molecular formula is C20H14N4O3S2. The lowest BCUT2D eigenvalue weighted by Gasteiger charge is -2.18. The van der Waals surface area contributed by atoms with Gasteiger partial charge in [0.25, 0.3) is 5.91 Å². The Labute approximate surface area is 174 Å². The lowest BCUT2D eigenvalue weighted by Crippen LogP contribution is -2.15. The van der Waals surface area contributed by atoms with Crippen molar-refractivity contribution < 1.29 is 14.3 Å². The molecule has 5 rings (SSSR count). The van der Waals surface area contributed by atoms with E-state index in [0.29, 0.717) is 29.8 Å². The summed E-state index contributed by atoms with van der Waals surface area (Å²) in [6, 6.07) is 11.3. The second-order valence-corrected chi connectivity index (χ2v) is 7.82. The predicted octanol–water partition coefficient (Wildman–Crippen LogP) is 4.35. The monoisotopic (exact) mass is 422 g/mol. The molecule has 0 unspecified atom stereocenters. The normalized spacial score (nSPS) is 12.6. The Bertz CT molecular complexity index is 1170. The van der Waals surface area contributed by atoms with E-state index < -0.39 is 0 Å². The molecule has 1 aliphatic rings. The van der Waals surface area contributed by atoms with Crippen LogP contribution < -0.4 is 14.8 Å². The fourth-order valence-electron chi connectivity index (χ4n) is 2.81. The number of nitrogens with one attached hydrogen (secondary N) is 1. The highest BCUT2D eigenvalue weighted by Crippen LogP contribution is 2.35. The summed E-state index contributed by atoms with van der Waals surface area (Å²) in [6.45, 7) is 1.07. The minimum atomic E-state index is -0.299. The Morgan fingerprint density at radius 2 is 1.86 bits per heavy atom. The van der Waals surface area contributed by atoms with Crippen LogP contribution in [0, 0.1) is 0 Å². The molecule has 0 saturated carbocycles. The van der Waals surface area contributed by atoms with Gasteiger partial charge < -0.3 is 9.47 Å².